The van der Waals surface area contributed by atoms with Crippen molar-refractivity contribution in [1.29, 1.82) is 0 Å². The van der Waals surface area contributed by atoms with Crippen LogP contribution in [0.2, 0.25) is 0 Å². The number of aromatic nitrogens is 2. The van der Waals surface area contributed by atoms with Crippen molar-refractivity contribution in [2.24, 2.45) is 0 Å². The lowest BCUT2D eigenvalue weighted by atomic mass is 9.99. The number of likely N-dealkylation sites (tertiary alicyclic amines) is 1. The van der Waals surface area contributed by atoms with Gasteiger partial charge in [0.15, 0.2) is 5.69 Å². The van der Waals surface area contributed by atoms with Crippen LogP contribution < -0.4 is 0 Å². The summed E-state index contributed by atoms with van der Waals surface area (Å²) in [5.74, 6) is 0.604. The van der Waals surface area contributed by atoms with E-state index in [9.17, 15) is 4.79 Å². The Morgan fingerprint density at radius 2 is 2.50 bits per heavy atom. The van der Waals surface area contributed by atoms with Crippen molar-refractivity contribution >= 4 is 29.0 Å². The highest BCUT2D eigenvalue weighted by Gasteiger charge is 2.28. The summed E-state index contributed by atoms with van der Waals surface area (Å²) < 4.78 is 3.73. The summed E-state index contributed by atoms with van der Waals surface area (Å²) in [6, 6.07) is 0.278. The molecule has 1 aromatic heterocycles. The second-order valence-corrected chi connectivity index (χ2v) is 4.90. The Balaban J connectivity index is 2.08. The summed E-state index contributed by atoms with van der Waals surface area (Å²) in [4.78, 5) is 14.0. The fourth-order valence-electron chi connectivity index (χ4n) is 2.10. The zero-order valence-electron chi connectivity index (χ0n) is 8.93. The van der Waals surface area contributed by atoms with Crippen LogP contribution in [0.4, 0.5) is 0 Å². The molecule has 88 valence electrons. The second-order valence-electron chi connectivity index (χ2n) is 3.92. The highest BCUT2D eigenvalue weighted by molar-refractivity contribution is 7.03. The van der Waals surface area contributed by atoms with Crippen LogP contribution in [-0.2, 0) is 0 Å². The molecule has 1 unspecified atom stereocenters. The Kier molecular flexibility index (Phi) is 4.12. The molecule has 0 radical (unpaired) electrons. The maximum atomic E-state index is 12.1. The Morgan fingerprint density at radius 1 is 1.62 bits per heavy atom. The van der Waals surface area contributed by atoms with Crippen molar-refractivity contribution in [3.63, 3.8) is 0 Å². The Bertz CT molecular complexity index is 342. The van der Waals surface area contributed by atoms with Gasteiger partial charge in [0.1, 0.15) is 0 Å². The molecule has 0 spiro atoms. The van der Waals surface area contributed by atoms with Crippen molar-refractivity contribution in [3.8, 4) is 0 Å². The molecule has 2 heterocycles. The van der Waals surface area contributed by atoms with E-state index in [-0.39, 0.29) is 11.9 Å². The van der Waals surface area contributed by atoms with Gasteiger partial charge in [-0.1, -0.05) is 4.49 Å². The Labute approximate surface area is 104 Å². The van der Waals surface area contributed by atoms with Crippen LogP contribution in [-0.4, -0.2) is 38.9 Å². The fourth-order valence-corrected chi connectivity index (χ4v) is 2.78. The molecule has 0 aromatic carbocycles. The molecule has 1 amide bonds. The molecule has 2 rings (SSSR count). The van der Waals surface area contributed by atoms with E-state index in [1.165, 1.54) is 18.0 Å². The third-order valence-electron chi connectivity index (χ3n) is 2.91. The van der Waals surface area contributed by atoms with Gasteiger partial charge in [0.2, 0.25) is 0 Å². The highest BCUT2D eigenvalue weighted by Crippen LogP contribution is 2.22. The van der Waals surface area contributed by atoms with Gasteiger partial charge in [-0.3, -0.25) is 4.79 Å². The van der Waals surface area contributed by atoms with Crippen molar-refractivity contribution in [2.45, 2.75) is 31.7 Å². The number of alkyl halides is 1. The molecule has 1 aromatic rings. The predicted octanol–water partition coefficient (Wildman–Crippen LogP) is 2.16. The first-order chi connectivity index (χ1) is 7.83. The predicted molar refractivity (Wildman–Crippen MR) is 63.9 cm³/mol. The van der Waals surface area contributed by atoms with E-state index in [0.717, 1.165) is 25.8 Å². The first-order valence-electron chi connectivity index (χ1n) is 5.47. The third kappa shape index (κ3) is 2.52. The Hall–Kier alpha value is -0.680. The molecule has 0 bridgehead atoms. The first kappa shape index (κ1) is 11.8. The smallest absolute Gasteiger partial charge is 0.275 e. The van der Waals surface area contributed by atoms with Crippen LogP contribution >= 0.6 is 23.1 Å². The summed E-state index contributed by atoms with van der Waals surface area (Å²) in [7, 11) is 0. The van der Waals surface area contributed by atoms with E-state index in [4.69, 9.17) is 11.6 Å². The maximum absolute atomic E-state index is 12.1. The molecule has 16 heavy (non-hydrogen) atoms. The number of piperidine rings is 1. The minimum atomic E-state index is 0.00330. The van der Waals surface area contributed by atoms with Gasteiger partial charge in [-0.05, 0) is 37.2 Å². The zero-order valence-corrected chi connectivity index (χ0v) is 10.5. The van der Waals surface area contributed by atoms with Crippen LogP contribution in [0.25, 0.3) is 0 Å². The molecule has 1 aliphatic heterocycles. The summed E-state index contributed by atoms with van der Waals surface area (Å²) in [6.07, 6.45) is 4.17. The van der Waals surface area contributed by atoms with Crippen LogP contribution in [0, 0.1) is 0 Å². The monoisotopic (exact) mass is 259 g/mol. The lowest BCUT2D eigenvalue weighted by Gasteiger charge is -2.35. The average Bonchev–Trinajstić information content (AvgIpc) is 2.83. The number of amides is 1. The summed E-state index contributed by atoms with van der Waals surface area (Å²) in [5.41, 5.74) is 0.464. The van der Waals surface area contributed by atoms with E-state index in [1.807, 2.05) is 4.90 Å². The van der Waals surface area contributed by atoms with Crippen molar-refractivity contribution in [1.82, 2.24) is 14.5 Å². The molecular weight excluding hydrogens is 246 g/mol. The fraction of sp³-hybridized carbons (Fsp3) is 0.700. The number of hydrogen-bond acceptors (Lipinski definition) is 4. The molecule has 4 nitrogen and oxygen atoms in total. The van der Waals surface area contributed by atoms with Crippen molar-refractivity contribution in [2.75, 3.05) is 12.4 Å². The van der Waals surface area contributed by atoms with E-state index in [1.54, 1.807) is 5.38 Å². The minimum absolute atomic E-state index is 0.00330. The lowest BCUT2D eigenvalue weighted by molar-refractivity contribution is 0.0603. The van der Waals surface area contributed by atoms with Gasteiger partial charge in [0, 0.05) is 23.8 Å². The van der Waals surface area contributed by atoms with Crippen LogP contribution in [0.3, 0.4) is 0 Å². The molecular formula is C10H14ClN3OS. The van der Waals surface area contributed by atoms with Gasteiger partial charge >= 0.3 is 0 Å². The van der Waals surface area contributed by atoms with E-state index in [2.05, 4.69) is 9.59 Å². The average molecular weight is 260 g/mol. The number of nitrogens with zero attached hydrogens (tertiary/aromatic N) is 3. The normalized spacial score (nSPS) is 21.1. The van der Waals surface area contributed by atoms with Gasteiger partial charge in [-0.15, -0.1) is 16.7 Å². The zero-order chi connectivity index (χ0) is 11.4. The lowest BCUT2D eigenvalue weighted by Crippen LogP contribution is -2.44. The molecule has 0 N–H and O–H groups in total. The van der Waals surface area contributed by atoms with Crippen LogP contribution in [0.5, 0.6) is 0 Å². The van der Waals surface area contributed by atoms with E-state index >= 15 is 0 Å². The largest absolute Gasteiger partial charge is 0.334 e. The molecule has 1 saturated heterocycles. The van der Waals surface area contributed by atoms with Gasteiger partial charge < -0.3 is 4.90 Å². The topological polar surface area (TPSA) is 46.1 Å². The number of rotatable bonds is 3. The summed E-state index contributed by atoms with van der Waals surface area (Å²) in [6.45, 7) is 0.817. The van der Waals surface area contributed by atoms with E-state index in [0.29, 0.717) is 11.6 Å². The molecule has 6 heteroatoms. The quantitative estimate of drug-likeness (QED) is 0.782. The Morgan fingerprint density at radius 3 is 3.19 bits per heavy atom. The molecule has 1 atom stereocenters. The molecule has 1 fully saturated rings. The number of carbonyl (C=O) groups excluding carboxylic acids is 1. The van der Waals surface area contributed by atoms with Gasteiger partial charge in [0.05, 0.1) is 0 Å². The molecule has 0 aliphatic carbocycles. The summed E-state index contributed by atoms with van der Waals surface area (Å²) in [5, 5.41) is 5.53. The van der Waals surface area contributed by atoms with E-state index < -0.39 is 0 Å². The standard InChI is InChI=1S/C10H14ClN3OS/c11-5-4-8-3-1-2-6-14(8)10(15)9-7-16-13-12-9/h7-8H,1-6H2. The SMILES string of the molecule is O=C(c1csnn1)N1CCCCC1CCCl. The van der Waals surface area contributed by atoms with Crippen molar-refractivity contribution < 1.29 is 4.79 Å². The number of carbonyl (C=O) groups is 1. The maximum Gasteiger partial charge on any atom is 0.275 e. The van der Waals surface area contributed by atoms with Crippen molar-refractivity contribution in [3.05, 3.63) is 11.1 Å². The van der Waals surface area contributed by atoms with Crippen LogP contribution in [0.1, 0.15) is 36.2 Å². The van der Waals surface area contributed by atoms with Gasteiger partial charge in [-0.2, -0.15) is 0 Å². The third-order valence-corrected chi connectivity index (χ3v) is 3.63. The number of hydrogen-bond donors (Lipinski definition) is 0. The first-order valence-corrected chi connectivity index (χ1v) is 6.84. The van der Waals surface area contributed by atoms with Crippen LogP contribution in [0.15, 0.2) is 5.38 Å². The van der Waals surface area contributed by atoms with Gasteiger partial charge in [0.25, 0.3) is 5.91 Å². The number of halogens is 1. The molecule has 0 saturated carbocycles. The highest BCUT2D eigenvalue weighted by atomic mass is 35.5. The molecule has 1 aliphatic rings. The minimum Gasteiger partial charge on any atom is -0.334 e. The second kappa shape index (κ2) is 5.59. The van der Waals surface area contributed by atoms with Gasteiger partial charge in [-0.25, -0.2) is 0 Å². The summed E-state index contributed by atoms with van der Waals surface area (Å²) >= 11 is 6.98.